The van der Waals surface area contributed by atoms with Crippen LogP contribution in [0.25, 0.3) is 0 Å². The molecule has 182 valence electrons. The van der Waals surface area contributed by atoms with E-state index in [1.807, 2.05) is 0 Å². The summed E-state index contributed by atoms with van der Waals surface area (Å²) in [6.45, 7) is 0.867. The summed E-state index contributed by atoms with van der Waals surface area (Å²) in [7, 11) is 1.58. The van der Waals surface area contributed by atoms with Crippen LogP contribution in [0.3, 0.4) is 0 Å². The highest BCUT2D eigenvalue weighted by molar-refractivity contribution is 6.08. The third-order valence-electron chi connectivity index (χ3n) is 6.39. The van der Waals surface area contributed by atoms with Crippen molar-refractivity contribution in [3.63, 3.8) is 0 Å². The molecule has 2 aromatic carbocycles. The number of anilines is 1. The van der Waals surface area contributed by atoms with E-state index in [4.69, 9.17) is 18.6 Å². The minimum atomic E-state index is -0.943. The first-order valence-electron chi connectivity index (χ1n) is 11.8. The summed E-state index contributed by atoms with van der Waals surface area (Å²) < 4.78 is 22.2. The van der Waals surface area contributed by atoms with E-state index in [-0.39, 0.29) is 17.7 Å². The van der Waals surface area contributed by atoms with Gasteiger partial charge in [-0.25, -0.2) is 0 Å². The summed E-state index contributed by atoms with van der Waals surface area (Å²) in [4.78, 5) is 29.1. The van der Waals surface area contributed by atoms with Gasteiger partial charge in [0.25, 0.3) is 5.91 Å². The highest BCUT2D eigenvalue weighted by Gasteiger charge is 2.36. The lowest BCUT2D eigenvalue weighted by molar-refractivity contribution is -0.123. The quantitative estimate of drug-likeness (QED) is 0.540. The van der Waals surface area contributed by atoms with Crippen LogP contribution in [0.2, 0.25) is 0 Å². The predicted octanol–water partition coefficient (Wildman–Crippen LogP) is 4.51. The number of amides is 2. The molecule has 8 heteroatoms. The van der Waals surface area contributed by atoms with Crippen molar-refractivity contribution >= 4 is 17.5 Å². The number of nitrogens with zero attached hydrogens (tertiary/aromatic N) is 1. The normalized spacial score (nSPS) is 15.9. The molecule has 0 unspecified atom stereocenters. The Morgan fingerprint density at radius 1 is 1.00 bits per heavy atom. The van der Waals surface area contributed by atoms with E-state index in [0.29, 0.717) is 41.7 Å². The number of ether oxygens (including phenoxy) is 3. The Kier molecular flexibility index (Phi) is 6.61. The van der Waals surface area contributed by atoms with Crippen LogP contribution in [0, 0.1) is 0 Å². The standard InChI is InChI=1S/C27H28N2O6/c1-32-21-11-8-18(9-12-21)25(26(30)28-19-5-2-3-6-19)29(27(31)23-7-4-14-33-23)20-10-13-22-24(17-20)35-16-15-34-22/h4,7-14,17,19,25H,2-3,5-6,15-16H2,1H3,(H,28,30)/t25-/m1/s1. The average molecular weight is 477 g/mol. The van der Waals surface area contributed by atoms with Gasteiger partial charge in [0, 0.05) is 17.8 Å². The van der Waals surface area contributed by atoms with Gasteiger partial charge in [-0.15, -0.1) is 0 Å². The van der Waals surface area contributed by atoms with Gasteiger partial charge in [0.2, 0.25) is 5.91 Å². The second-order valence-electron chi connectivity index (χ2n) is 8.65. The Hall–Kier alpha value is -3.94. The summed E-state index contributed by atoms with van der Waals surface area (Å²) in [5, 5.41) is 3.17. The maximum atomic E-state index is 13.8. The number of furan rings is 1. The van der Waals surface area contributed by atoms with Gasteiger partial charge in [-0.2, -0.15) is 0 Å². The molecule has 0 radical (unpaired) electrons. The van der Waals surface area contributed by atoms with E-state index in [1.54, 1.807) is 61.7 Å². The number of carbonyl (C=O) groups excluding carboxylic acids is 2. The van der Waals surface area contributed by atoms with Gasteiger partial charge >= 0.3 is 0 Å². The van der Waals surface area contributed by atoms with Gasteiger partial charge in [-0.05, 0) is 54.8 Å². The SMILES string of the molecule is COc1ccc([C@H](C(=O)NC2CCCC2)N(C(=O)c2ccco2)c2ccc3c(c2)OCCO3)cc1. The van der Waals surface area contributed by atoms with Gasteiger partial charge in [-0.1, -0.05) is 25.0 Å². The van der Waals surface area contributed by atoms with Crippen LogP contribution in [0.15, 0.2) is 65.3 Å². The lowest BCUT2D eigenvalue weighted by Crippen LogP contribution is -2.46. The predicted molar refractivity (Wildman–Crippen MR) is 129 cm³/mol. The maximum absolute atomic E-state index is 13.8. The highest BCUT2D eigenvalue weighted by atomic mass is 16.6. The Balaban J connectivity index is 1.60. The number of rotatable bonds is 7. The molecular weight excluding hydrogens is 448 g/mol. The molecule has 2 amide bonds. The molecule has 8 nitrogen and oxygen atoms in total. The maximum Gasteiger partial charge on any atom is 0.294 e. The van der Waals surface area contributed by atoms with Gasteiger partial charge in [-0.3, -0.25) is 14.5 Å². The minimum absolute atomic E-state index is 0.0871. The van der Waals surface area contributed by atoms with E-state index in [1.165, 1.54) is 11.2 Å². The first kappa shape index (κ1) is 22.8. The molecule has 0 spiro atoms. The lowest BCUT2D eigenvalue weighted by Gasteiger charge is -2.32. The molecule has 1 aromatic heterocycles. The Bertz CT molecular complexity index is 1170. The molecular formula is C27H28N2O6. The fraction of sp³-hybridized carbons (Fsp3) is 0.333. The monoisotopic (exact) mass is 476 g/mol. The zero-order valence-electron chi connectivity index (χ0n) is 19.6. The molecule has 1 N–H and O–H groups in total. The smallest absolute Gasteiger partial charge is 0.294 e. The van der Waals surface area contributed by atoms with Gasteiger partial charge in [0.15, 0.2) is 17.3 Å². The summed E-state index contributed by atoms with van der Waals surface area (Å²) in [6.07, 6.45) is 5.45. The van der Waals surface area contributed by atoms with Gasteiger partial charge in [0.05, 0.1) is 13.4 Å². The number of benzene rings is 2. The van der Waals surface area contributed by atoms with Crippen molar-refractivity contribution in [1.82, 2.24) is 5.32 Å². The first-order chi connectivity index (χ1) is 17.1. The number of methoxy groups -OCH3 is 1. The van der Waals surface area contributed by atoms with Crippen molar-refractivity contribution in [2.45, 2.75) is 37.8 Å². The number of fused-ring (bicyclic) bond motifs is 1. The number of hydrogen-bond donors (Lipinski definition) is 1. The van der Waals surface area contributed by atoms with Crippen LogP contribution >= 0.6 is 0 Å². The van der Waals surface area contributed by atoms with Crippen LogP contribution in [-0.4, -0.2) is 38.2 Å². The molecule has 1 atom stereocenters. The molecule has 1 fully saturated rings. The summed E-state index contributed by atoms with van der Waals surface area (Å²) in [6, 6.07) is 14.8. The molecule has 5 rings (SSSR count). The largest absolute Gasteiger partial charge is 0.497 e. The van der Waals surface area contributed by atoms with Crippen LogP contribution in [0.1, 0.15) is 47.8 Å². The van der Waals surface area contributed by atoms with E-state index in [2.05, 4.69) is 5.32 Å². The Labute approximate surface area is 203 Å². The number of carbonyl (C=O) groups is 2. The van der Waals surface area contributed by atoms with Crippen LogP contribution in [0.4, 0.5) is 5.69 Å². The average Bonchev–Trinajstić information content (AvgIpc) is 3.61. The molecule has 0 bridgehead atoms. The van der Waals surface area contributed by atoms with Crippen LogP contribution in [-0.2, 0) is 4.79 Å². The molecule has 1 aliphatic heterocycles. The topological polar surface area (TPSA) is 90.2 Å². The Morgan fingerprint density at radius 2 is 1.74 bits per heavy atom. The molecule has 35 heavy (non-hydrogen) atoms. The van der Waals surface area contributed by atoms with Crippen molar-refractivity contribution in [2.24, 2.45) is 0 Å². The van der Waals surface area contributed by atoms with Crippen molar-refractivity contribution < 1.29 is 28.2 Å². The fourth-order valence-corrected chi connectivity index (χ4v) is 4.64. The zero-order valence-corrected chi connectivity index (χ0v) is 19.6. The van der Waals surface area contributed by atoms with Gasteiger partial charge in [0.1, 0.15) is 25.0 Å². The van der Waals surface area contributed by atoms with Crippen molar-refractivity contribution in [2.75, 3.05) is 25.2 Å². The van der Waals surface area contributed by atoms with Gasteiger partial charge < -0.3 is 23.9 Å². The summed E-state index contributed by atoms with van der Waals surface area (Å²) >= 11 is 0. The summed E-state index contributed by atoms with van der Waals surface area (Å²) in [5.41, 5.74) is 1.15. The molecule has 0 saturated heterocycles. The molecule has 3 aromatic rings. The molecule has 1 aliphatic carbocycles. The van der Waals surface area contributed by atoms with E-state index >= 15 is 0 Å². The molecule has 1 saturated carbocycles. The van der Waals surface area contributed by atoms with Crippen molar-refractivity contribution in [3.05, 3.63) is 72.2 Å². The fourth-order valence-electron chi connectivity index (χ4n) is 4.64. The van der Waals surface area contributed by atoms with Crippen molar-refractivity contribution in [1.29, 1.82) is 0 Å². The third kappa shape index (κ3) is 4.82. The first-order valence-corrected chi connectivity index (χ1v) is 11.8. The third-order valence-corrected chi connectivity index (χ3v) is 6.39. The number of nitrogens with one attached hydrogen (secondary N) is 1. The van der Waals surface area contributed by atoms with E-state index < -0.39 is 11.9 Å². The van der Waals surface area contributed by atoms with Crippen molar-refractivity contribution in [3.8, 4) is 17.2 Å². The zero-order chi connectivity index (χ0) is 24.2. The molecule has 2 heterocycles. The summed E-state index contributed by atoms with van der Waals surface area (Å²) in [5.74, 6) is 1.22. The Morgan fingerprint density at radius 3 is 2.43 bits per heavy atom. The van der Waals surface area contributed by atoms with Crippen LogP contribution < -0.4 is 24.4 Å². The highest BCUT2D eigenvalue weighted by Crippen LogP contribution is 2.38. The second-order valence-corrected chi connectivity index (χ2v) is 8.65. The minimum Gasteiger partial charge on any atom is -0.497 e. The van der Waals surface area contributed by atoms with Crippen LogP contribution in [0.5, 0.6) is 17.2 Å². The van der Waals surface area contributed by atoms with E-state index in [9.17, 15) is 9.59 Å². The number of hydrogen-bond acceptors (Lipinski definition) is 6. The second kappa shape index (κ2) is 10.1. The lowest BCUT2D eigenvalue weighted by atomic mass is 10.0. The van der Waals surface area contributed by atoms with E-state index in [0.717, 1.165) is 25.7 Å². The molecule has 2 aliphatic rings.